The van der Waals surface area contributed by atoms with Gasteiger partial charge in [0.25, 0.3) is 5.91 Å². The zero-order valence-electron chi connectivity index (χ0n) is 12.3. The molecule has 0 bridgehead atoms. The molecule has 0 heterocycles. The van der Waals surface area contributed by atoms with Crippen LogP contribution in [-0.4, -0.2) is 35.0 Å². The van der Waals surface area contributed by atoms with Crippen LogP contribution in [0.2, 0.25) is 0 Å². The van der Waals surface area contributed by atoms with Crippen molar-refractivity contribution < 1.29 is 19.5 Å². The first-order chi connectivity index (χ1) is 9.82. The number of carbonyl (C=O) groups is 3. The van der Waals surface area contributed by atoms with Crippen molar-refractivity contribution in [2.75, 3.05) is 0 Å². The van der Waals surface area contributed by atoms with Crippen LogP contribution in [0.3, 0.4) is 0 Å². The molecule has 6 heteroatoms. The van der Waals surface area contributed by atoms with Gasteiger partial charge in [0.05, 0.1) is 0 Å². The van der Waals surface area contributed by atoms with Gasteiger partial charge in [-0.05, 0) is 25.0 Å². The Labute approximate surface area is 123 Å². The Morgan fingerprint density at radius 2 is 1.57 bits per heavy atom. The van der Waals surface area contributed by atoms with Crippen molar-refractivity contribution in [3.63, 3.8) is 0 Å². The van der Waals surface area contributed by atoms with Crippen molar-refractivity contribution in [1.29, 1.82) is 0 Å². The maximum absolute atomic E-state index is 12.1. The predicted octanol–water partition coefficient (Wildman–Crippen LogP) is 1.03. The summed E-state index contributed by atoms with van der Waals surface area (Å²) >= 11 is 0. The fourth-order valence-electron chi connectivity index (χ4n) is 1.71. The fraction of sp³-hybridized carbons (Fsp3) is 0.400. The molecule has 0 spiro atoms. The van der Waals surface area contributed by atoms with Crippen LogP contribution in [0.5, 0.6) is 0 Å². The summed E-state index contributed by atoms with van der Waals surface area (Å²) in [6, 6.07) is 6.73. The smallest absolute Gasteiger partial charge is 0.325 e. The van der Waals surface area contributed by atoms with Gasteiger partial charge < -0.3 is 15.7 Å². The third kappa shape index (κ3) is 4.91. The van der Waals surface area contributed by atoms with Gasteiger partial charge in [0, 0.05) is 5.56 Å². The van der Waals surface area contributed by atoms with E-state index in [1.807, 2.05) is 0 Å². The minimum Gasteiger partial charge on any atom is -0.480 e. The monoisotopic (exact) mass is 292 g/mol. The molecule has 21 heavy (non-hydrogen) atoms. The van der Waals surface area contributed by atoms with Gasteiger partial charge >= 0.3 is 5.97 Å². The molecule has 2 amide bonds. The van der Waals surface area contributed by atoms with Gasteiger partial charge in [-0.2, -0.15) is 0 Å². The second kappa shape index (κ2) is 7.42. The van der Waals surface area contributed by atoms with E-state index in [0.29, 0.717) is 5.56 Å². The summed E-state index contributed by atoms with van der Waals surface area (Å²) in [5.41, 5.74) is 0.447. The van der Waals surface area contributed by atoms with Gasteiger partial charge in [-0.15, -0.1) is 0 Å². The summed E-state index contributed by atoms with van der Waals surface area (Å²) in [4.78, 5) is 34.9. The Kier molecular flexibility index (Phi) is 5.90. The topological polar surface area (TPSA) is 95.5 Å². The molecule has 0 saturated heterocycles. The summed E-state index contributed by atoms with van der Waals surface area (Å²) in [5.74, 6) is -2.17. The van der Waals surface area contributed by atoms with E-state index in [-0.39, 0.29) is 11.8 Å². The van der Waals surface area contributed by atoms with Crippen LogP contribution in [0, 0.1) is 5.92 Å². The van der Waals surface area contributed by atoms with Crippen molar-refractivity contribution in [3.05, 3.63) is 35.9 Å². The van der Waals surface area contributed by atoms with Crippen molar-refractivity contribution in [2.45, 2.75) is 32.9 Å². The molecule has 0 aliphatic rings. The normalized spacial score (nSPS) is 13.3. The van der Waals surface area contributed by atoms with Crippen LogP contribution < -0.4 is 10.6 Å². The zero-order valence-corrected chi connectivity index (χ0v) is 12.3. The standard InChI is InChI=1S/C15H20N2O4/c1-9(2)12(14(19)16-10(3)15(20)21)17-13(18)11-7-5-4-6-8-11/h4-10,12H,1-3H3,(H,16,19)(H,17,18)(H,20,21). The van der Waals surface area contributed by atoms with E-state index in [4.69, 9.17) is 5.11 Å². The second-order valence-electron chi connectivity index (χ2n) is 5.13. The maximum atomic E-state index is 12.1. The first-order valence-electron chi connectivity index (χ1n) is 6.72. The number of amides is 2. The molecular weight excluding hydrogens is 272 g/mol. The Balaban J connectivity index is 2.76. The van der Waals surface area contributed by atoms with E-state index in [1.165, 1.54) is 6.92 Å². The minimum atomic E-state index is -1.12. The van der Waals surface area contributed by atoms with Crippen molar-refractivity contribution >= 4 is 17.8 Å². The Morgan fingerprint density at radius 3 is 2.05 bits per heavy atom. The highest BCUT2D eigenvalue weighted by Crippen LogP contribution is 2.05. The van der Waals surface area contributed by atoms with Gasteiger partial charge in [-0.25, -0.2) is 0 Å². The molecule has 114 valence electrons. The van der Waals surface area contributed by atoms with Gasteiger partial charge in [0.15, 0.2) is 0 Å². The van der Waals surface area contributed by atoms with Crippen molar-refractivity contribution in [2.24, 2.45) is 5.92 Å². The molecule has 1 aromatic carbocycles. The van der Waals surface area contributed by atoms with Crippen LogP contribution in [0.25, 0.3) is 0 Å². The average Bonchev–Trinajstić information content (AvgIpc) is 2.44. The van der Waals surface area contributed by atoms with E-state index in [2.05, 4.69) is 10.6 Å². The number of carbonyl (C=O) groups excluding carboxylic acids is 2. The van der Waals surface area contributed by atoms with Crippen LogP contribution in [0.4, 0.5) is 0 Å². The third-order valence-electron chi connectivity index (χ3n) is 3.00. The van der Waals surface area contributed by atoms with E-state index in [1.54, 1.807) is 44.2 Å². The molecule has 3 N–H and O–H groups in total. The molecular formula is C15H20N2O4. The van der Waals surface area contributed by atoms with Crippen LogP contribution in [0.1, 0.15) is 31.1 Å². The number of hydrogen-bond donors (Lipinski definition) is 3. The quantitative estimate of drug-likeness (QED) is 0.729. The first kappa shape index (κ1) is 16.7. The molecule has 0 radical (unpaired) electrons. The highest BCUT2D eigenvalue weighted by atomic mass is 16.4. The fourth-order valence-corrected chi connectivity index (χ4v) is 1.71. The second-order valence-corrected chi connectivity index (χ2v) is 5.13. The molecule has 2 atom stereocenters. The van der Waals surface area contributed by atoms with Crippen molar-refractivity contribution in [3.8, 4) is 0 Å². The summed E-state index contributed by atoms with van der Waals surface area (Å²) in [6.45, 7) is 4.93. The molecule has 2 unspecified atom stereocenters. The number of nitrogens with one attached hydrogen (secondary N) is 2. The Morgan fingerprint density at radius 1 is 1.00 bits per heavy atom. The molecule has 0 saturated carbocycles. The Hall–Kier alpha value is -2.37. The van der Waals surface area contributed by atoms with E-state index < -0.39 is 24.0 Å². The summed E-state index contributed by atoms with van der Waals surface area (Å²) < 4.78 is 0. The SMILES string of the molecule is CC(NC(=O)C(NC(=O)c1ccccc1)C(C)C)C(=O)O. The van der Waals surface area contributed by atoms with Gasteiger partial charge in [-0.3, -0.25) is 14.4 Å². The van der Waals surface area contributed by atoms with E-state index in [0.717, 1.165) is 0 Å². The first-order valence-corrected chi connectivity index (χ1v) is 6.72. The van der Waals surface area contributed by atoms with Gasteiger partial charge in [-0.1, -0.05) is 32.0 Å². The average molecular weight is 292 g/mol. The van der Waals surface area contributed by atoms with Crippen LogP contribution in [-0.2, 0) is 9.59 Å². The number of carboxylic acid groups (broad SMARTS) is 1. The molecule has 6 nitrogen and oxygen atoms in total. The summed E-state index contributed by atoms with van der Waals surface area (Å²) in [5, 5.41) is 13.8. The predicted molar refractivity (Wildman–Crippen MR) is 77.8 cm³/mol. The lowest BCUT2D eigenvalue weighted by Gasteiger charge is -2.23. The minimum absolute atomic E-state index is 0.168. The maximum Gasteiger partial charge on any atom is 0.325 e. The van der Waals surface area contributed by atoms with E-state index >= 15 is 0 Å². The number of hydrogen-bond acceptors (Lipinski definition) is 3. The van der Waals surface area contributed by atoms with Crippen LogP contribution >= 0.6 is 0 Å². The lowest BCUT2D eigenvalue weighted by atomic mass is 10.0. The Bertz CT molecular complexity index is 514. The lowest BCUT2D eigenvalue weighted by molar-refractivity contribution is -0.141. The molecule has 0 aromatic heterocycles. The van der Waals surface area contributed by atoms with Gasteiger partial charge in [0.2, 0.25) is 5.91 Å². The third-order valence-corrected chi connectivity index (χ3v) is 3.00. The van der Waals surface area contributed by atoms with Crippen LogP contribution in [0.15, 0.2) is 30.3 Å². The number of carboxylic acids is 1. The highest BCUT2D eigenvalue weighted by molar-refractivity contribution is 5.98. The highest BCUT2D eigenvalue weighted by Gasteiger charge is 2.27. The molecule has 0 aliphatic carbocycles. The number of benzene rings is 1. The number of aliphatic carboxylic acids is 1. The lowest BCUT2D eigenvalue weighted by Crippen LogP contribution is -2.53. The summed E-state index contributed by atoms with van der Waals surface area (Å²) in [6.07, 6.45) is 0. The summed E-state index contributed by atoms with van der Waals surface area (Å²) in [7, 11) is 0. The zero-order chi connectivity index (χ0) is 16.0. The molecule has 0 aliphatic heterocycles. The number of rotatable bonds is 6. The molecule has 0 fully saturated rings. The van der Waals surface area contributed by atoms with Crippen molar-refractivity contribution in [1.82, 2.24) is 10.6 Å². The molecule has 1 rings (SSSR count). The largest absolute Gasteiger partial charge is 0.480 e. The van der Waals surface area contributed by atoms with E-state index in [9.17, 15) is 14.4 Å². The van der Waals surface area contributed by atoms with Gasteiger partial charge in [0.1, 0.15) is 12.1 Å². The molecule has 1 aromatic rings.